The van der Waals surface area contributed by atoms with E-state index in [1.807, 2.05) is 13.0 Å². The van der Waals surface area contributed by atoms with Crippen molar-refractivity contribution in [2.75, 3.05) is 24.5 Å². The van der Waals surface area contributed by atoms with Gasteiger partial charge in [0.2, 0.25) is 0 Å². The van der Waals surface area contributed by atoms with E-state index in [1.165, 1.54) is 6.42 Å². The molecule has 0 aliphatic carbocycles. The molecule has 0 amide bonds. The van der Waals surface area contributed by atoms with Crippen molar-refractivity contribution < 1.29 is 4.92 Å². The maximum atomic E-state index is 10.8. The lowest BCUT2D eigenvalue weighted by Gasteiger charge is -2.27. The summed E-state index contributed by atoms with van der Waals surface area (Å²) in [7, 11) is 0. The van der Waals surface area contributed by atoms with Crippen LogP contribution in [-0.4, -0.2) is 30.6 Å². The number of nitrogens with zero attached hydrogens (tertiary/aromatic N) is 2. The number of nitro groups is 1. The first-order chi connectivity index (χ1) is 8.66. The second-order valence-electron chi connectivity index (χ2n) is 5.20. The molecule has 96 valence electrons. The fraction of sp³-hybridized carbons (Fsp3) is 0.538. The van der Waals surface area contributed by atoms with E-state index >= 15 is 0 Å². The zero-order valence-corrected chi connectivity index (χ0v) is 10.4. The van der Waals surface area contributed by atoms with E-state index in [0.29, 0.717) is 6.04 Å². The van der Waals surface area contributed by atoms with Gasteiger partial charge >= 0.3 is 0 Å². The molecule has 0 aromatic heterocycles. The molecule has 5 heteroatoms. The van der Waals surface area contributed by atoms with E-state index in [1.54, 1.807) is 12.1 Å². The minimum absolute atomic E-state index is 0.177. The summed E-state index contributed by atoms with van der Waals surface area (Å²) >= 11 is 0. The minimum Gasteiger partial charge on any atom is -0.367 e. The lowest BCUT2D eigenvalue weighted by atomic mass is 10.0. The first-order valence-corrected chi connectivity index (χ1v) is 6.39. The van der Waals surface area contributed by atoms with Crippen LogP contribution in [0, 0.1) is 23.0 Å². The summed E-state index contributed by atoms with van der Waals surface area (Å²) in [5.41, 5.74) is 2.32. The van der Waals surface area contributed by atoms with Crippen molar-refractivity contribution >= 4 is 11.4 Å². The van der Waals surface area contributed by atoms with Crippen molar-refractivity contribution in [2.24, 2.45) is 5.92 Å². The Hall–Kier alpha value is -1.62. The zero-order chi connectivity index (χ0) is 12.7. The third-order valence-corrected chi connectivity index (χ3v) is 4.15. The van der Waals surface area contributed by atoms with Gasteiger partial charge in [0.1, 0.15) is 0 Å². The van der Waals surface area contributed by atoms with E-state index in [2.05, 4.69) is 10.2 Å². The van der Waals surface area contributed by atoms with Gasteiger partial charge in [0, 0.05) is 43.5 Å². The molecule has 3 rings (SSSR count). The highest BCUT2D eigenvalue weighted by Crippen LogP contribution is 2.34. The van der Waals surface area contributed by atoms with Crippen LogP contribution in [0.5, 0.6) is 0 Å². The number of aryl methyl sites for hydroxylation is 1. The maximum Gasteiger partial charge on any atom is 0.269 e. The van der Waals surface area contributed by atoms with E-state index in [0.717, 1.165) is 36.8 Å². The Labute approximate surface area is 106 Å². The van der Waals surface area contributed by atoms with Gasteiger partial charge in [-0.05, 0) is 30.9 Å². The fourth-order valence-electron chi connectivity index (χ4n) is 3.22. The van der Waals surface area contributed by atoms with Crippen molar-refractivity contribution in [2.45, 2.75) is 19.4 Å². The van der Waals surface area contributed by atoms with Gasteiger partial charge in [0.05, 0.1) is 4.92 Å². The topological polar surface area (TPSA) is 58.4 Å². The largest absolute Gasteiger partial charge is 0.367 e. The Balaban J connectivity index is 1.90. The van der Waals surface area contributed by atoms with Gasteiger partial charge in [0.25, 0.3) is 5.69 Å². The van der Waals surface area contributed by atoms with E-state index in [9.17, 15) is 10.1 Å². The molecule has 2 atom stereocenters. The van der Waals surface area contributed by atoms with Crippen LogP contribution in [0.25, 0.3) is 0 Å². The number of anilines is 1. The van der Waals surface area contributed by atoms with Crippen LogP contribution in [0.1, 0.15) is 12.0 Å². The number of hydrogen-bond acceptors (Lipinski definition) is 4. The molecule has 2 aliphatic heterocycles. The van der Waals surface area contributed by atoms with Crippen LogP contribution in [0.4, 0.5) is 11.4 Å². The smallest absolute Gasteiger partial charge is 0.269 e. The first kappa shape index (κ1) is 11.5. The summed E-state index contributed by atoms with van der Waals surface area (Å²) in [6.45, 7) is 5.15. The average Bonchev–Trinajstić information content (AvgIpc) is 2.91. The summed E-state index contributed by atoms with van der Waals surface area (Å²) in [4.78, 5) is 12.8. The summed E-state index contributed by atoms with van der Waals surface area (Å²) in [5.74, 6) is 0.736. The maximum absolute atomic E-state index is 10.8. The first-order valence-electron chi connectivity index (χ1n) is 6.39. The molecular formula is C13H17N3O2. The van der Waals surface area contributed by atoms with Crippen LogP contribution in [0.2, 0.25) is 0 Å². The summed E-state index contributed by atoms with van der Waals surface area (Å²) < 4.78 is 0. The molecule has 0 spiro atoms. The van der Waals surface area contributed by atoms with Crippen molar-refractivity contribution in [3.05, 3.63) is 33.9 Å². The van der Waals surface area contributed by atoms with Gasteiger partial charge in [0.15, 0.2) is 0 Å². The summed E-state index contributed by atoms with van der Waals surface area (Å²) in [6.07, 6.45) is 1.22. The SMILES string of the molecule is Cc1cc([N+](=O)[O-])ccc1N1CC[C@H]2CNC[C@H]21. The third kappa shape index (κ3) is 1.75. The number of nitro benzene ring substituents is 1. The second-order valence-corrected chi connectivity index (χ2v) is 5.20. The number of benzene rings is 1. The van der Waals surface area contributed by atoms with Crippen molar-refractivity contribution in [1.29, 1.82) is 0 Å². The predicted molar refractivity (Wildman–Crippen MR) is 69.9 cm³/mol. The molecule has 2 heterocycles. The van der Waals surface area contributed by atoms with E-state index in [-0.39, 0.29) is 10.6 Å². The standard InChI is InChI=1S/C13H17N3O2/c1-9-6-11(16(17)18)2-3-12(9)15-5-4-10-7-14-8-13(10)15/h2-3,6,10,13-14H,4-5,7-8H2,1H3/t10-,13+/m0/s1. The Bertz CT molecular complexity index is 489. The van der Waals surface area contributed by atoms with Crippen LogP contribution in [0.15, 0.2) is 18.2 Å². The Morgan fingerprint density at radius 2 is 2.28 bits per heavy atom. The molecule has 0 saturated carbocycles. The van der Waals surface area contributed by atoms with Gasteiger partial charge in [-0.15, -0.1) is 0 Å². The van der Waals surface area contributed by atoms with Crippen molar-refractivity contribution in [3.8, 4) is 0 Å². The predicted octanol–water partition coefficient (Wildman–Crippen LogP) is 1.70. The summed E-state index contributed by atoms with van der Waals surface area (Å²) in [6, 6.07) is 5.74. The van der Waals surface area contributed by atoms with Crippen LogP contribution in [0.3, 0.4) is 0 Å². The lowest BCUT2D eigenvalue weighted by Crippen LogP contribution is -2.34. The molecule has 1 aromatic rings. The fourth-order valence-corrected chi connectivity index (χ4v) is 3.22. The molecule has 2 aliphatic rings. The van der Waals surface area contributed by atoms with Crippen molar-refractivity contribution in [3.63, 3.8) is 0 Å². The van der Waals surface area contributed by atoms with E-state index in [4.69, 9.17) is 0 Å². The highest BCUT2D eigenvalue weighted by atomic mass is 16.6. The van der Waals surface area contributed by atoms with Crippen molar-refractivity contribution in [1.82, 2.24) is 5.32 Å². The number of nitrogens with one attached hydrogen (secondary N) is 1. The normalized spacial score (nSPS) is 26.4. The number of fused-ring (bicyclic) bond motifs is 1. The molecule has 0 bridgehead atoms. The van der Waals surface area contributed by atoms with Gasteiger partial charge < -0.3 is 10.2 Å². The molecule has 2 fully saturated rings. The Kier molecular flexibility index (Phi) is 2.70. The van der Waals surface area contributed by atoms with E-state index < -0.39 is 0 Å². The monoisotopic (exact) mass is 247 g/mol. The van der Waals surface area contributed by atoms with Gasteiger partial charge in [-0.2, -0.15) is 0 Å². The minimum atomic E-state index is -0.333. The Morgan fingerprint density at radius 1 is 1.44 bits per heavy atom. The highest BCUT2D eigenvalue weighted by Gasteiger charge is 2.38. The number of non-ortho nitro benzene ring substituents is 1. The van der Waals surface area contributed by atoms with Gasteiger partial charge in [-0.25, -0.2) is 0 Å². The van der Waals surface area contributed by atoms with Gasteiger partial charge in [-0.1, -0.05) is 0 Å². The third-order valence-electron chi connectivity index (χ3n) is 4.15. The molecule has 5 nitrogen and oxygen atoms in total. The van der Waals surface area contributed by atoms with Gasteiger partial charge in [-0.3, -0.25) is 10.1 Å². The summed E-state index contributed by atoms with van der Waals surface area (Å²) in [5, 5.41) is 14.2. The number of rotatable bonds is 2. The van der Waals surface area contributed by atoms with Crippen LogP contribution in [-0.2, 0) is 0 Å². The number of hydrogen-bond donors (Lipinski definition) is 1. The Morgan fingerprint density at radius 3 is 3.00 bits per heavy atom. The molecule has 18 heavy (non-hydrogen) atoms. The van der Waals surface area contributed by atoms with Crippen LogP contribution < -0.4 is 10.2 Å². The molecule has 2 saturated heterocycles. The molecular weight excluding hydrogens is 230 g/mol. The molecule has 1 aromatic carbocycles. The zero-order valence-electron chi connectivity index (χ0n) is 10.4. The quantitative estimate of drug-likeness (QED) is 0.638. The molecule has 1 N–H and O–H groups in total. The highest BCUT2D eigenvalue weighted by molar-refractivity contribution is 5.59. The lowest BCUT2D eigenvalue weighted by molar-refractivity contribution is -0.384. The van der Waals surface area contributed by atoms with Crippen LogP contribution >= 0.6 is 0 Å². The average molecular weight is 247 g/mol. The molecule has 0 unspecified atom stereocenters. The second kappa shape index (κ2) is 4.24. The molecule has 0 radical (unpaired) electrons.